The predicted octanol–water partition coefficient (Wildman–Crippen LogP) is 2.07. The van der Waals surface area contributed by atoms with Crippen LogP contribution in [0.1, 0.15) is 11.4 Å². The van der Waals surface area contributed by atoms with Crippen LogP contribution in [0.2, 0.25) is 0 Å². The normalized spacial score (nSPS) is 10.4. The summed E-state index contributed by atoms with van der Waals surface area (Å²) in [7, 11) is 0. The van der Waals surface area contributed by atoms with E-state index in [4.69, 9.17) is 5.73 Å². The van der Waals surface area contributed by atoms with Gasteiger partial charge in [0.05, 0.1) is 5.69 Å². The Labute approximate surface area is 83.2 Å². The molecule has 0 aliphatic carbocycles. The molecule has 3 nitrogen and oxygen atoms in total. The Hall–Kier alpha value is -1.77. The number of benzene rings is 1. The number of hydrogen-bond acceptors (Lipinski definition) is 2. The van der Waals surface area contributed by atoms with Crippen LogP contribution in [0.4, 0.5) is 5.69 Å². The lowest BCUT2D eigenvalue weighted by Crippen LogP contribution is -1.99. The quantitative estimate of drug-likeness (QED) is 0.694. The van der Waals surface area contributed by atoms with E-state index >= 15 is 0 Å². The van der Waals surface area contributed by atoms with Gasteiger partial charge in [-0.2, -0.15) is 0 Å². The molecule has 1 aromatic carbocycles. The molecule has 2 N–H and O–H groups in total. The van der Waals surface area contributed by atoms with Crippen molar-refractivity contribution in [3.63, 3.8) is 0 Å². The first-order valence-corrected chi connectivity index (χ1v) is 4.55. The summed E-state index contributed by atoms with van der Waals surface area (Å²) in [5.74, 6) is 0.971. The maximum Gasteiger partial charge on any atom is 0.110 e. The van der Waals surface area contributed by atoms with Crippen molar-refractivity contribution < 1.29 is 0 Å². The molecule has 1 aromatic heterocycles. The summed E-state index contributed by atoms with van der Waals surface area (Å²) in [4.78, 5) is 4.19. The fourth-order valence-corrected chi connectivity index (χ4v) is 1.52. The number of nitrogens with zero attached hydrogens (tertiary/aromatic N) is 2. The van der Waals surface area contributed by atoms with Gasteiger partial charge in [0.1, 0.15) is 5.82 Å². The maximum atomic E-state index is 5.75. The van der Waals surface area contributed by atoms with Crippen LogP contribution in [0.15, 0.2) is 30.6 Å². The molecular weight excluding hydrogens is 174 g/mol. The van der Waals surface area contributed by atoms with E-state index < -0.39 is 0 Å². The molecule has 1 heterocycles. The predicted molar refractivity (Wildman–Crippen MR) is 57.5 cm³/mol. The topological polar surface area (TPSA) is 43.8 Å². The van der Waals surface area contributed by atoms with Crippen molar-refractivity contribution in [2.45, 2.75) is 13.8 Å². The molecular formula is C11H13N3. The number of nitrogens with two attached hydrogens (primary N) is 1. The summed E-state index contributed by atoms with van der Waals surface area (Å²) < 4.78 is 2.03. The average molecular weight is 187 g/mol. The summed E-state index contributed by atoms with van der Waals surface area (Å²) in [5, 5.41) is 0. The fraction of sp³-hybridized carbons (Fsp3) is 0.182. The Bertz CT molecular complexity index is 457. The molecule has 0 saturated carbocycles. The number of anilines is 1. The highest BCUT2D eigenvalue weighted by atomic mass is 15.1. The molecule has 14 heavy (non-hydrogen) atoms. The van der Waals surface area contributed by atoms with E-state index in [1.807, 2.05) is 35.9 Å². The summed E-state index contributed by atoms with van der Waals surface area (Å²) in [6.07, 6.45) is 3.73. The molecule has 2 rings (SSSR count). The number of imidazole rings is 1. The van der Waals surface area contributed by atoms with Gasteiger partial charge in [-0.1, -0.05) is 6.07 Å². The van der Waals surface area contributed by atoms with Crippen LogP contribution in [0.3, 0.4) is 0 Å². The van der Waals surface area contributed by atoms with Crippen molar-refractivity contribution in [1.29, 1.82) is 0 Å². The standard InChI is InChI=1S/C11H13N3/c1-8-3-4-10(12)7-11(8)14-6-5-13-9(14)2/h3-7H,12H2,1-2H3. The van der Waals surface area contributed by atoms with Gasteiger partial charge in [-0.3, -0.25) is 0 Å². The highest BCUT2D eigenvalue weighted by molar-refractivity contribution is 5.52. The Morgan fingerprint density at radius 3 is 2.71 bits per heavy atom. The SMILES string of the molecule is Cc1ccc(N)cc1-n1ccnc1C. The molecule has 0 radical (unpaired) electrons. The first-order chi connectivity index (χ1) is 6.68. The van der Waals surface area contributed by atoms with Crippen molar-refractivity contribution in [3.05, 3.63) is 42.0 Å². The third kappa shape index (κ3) is 1.37. The van der Waals surface area contributed by atoms with Crippen LogP contribution in [0, 0.1) is 13.8 Å². The van der Waals surface area contributed by atoms with Crippen LogP contribution in [-0.2, 0) is 0 Å². The van der Waals surface area contributed by atoms with E-state index in [9.17, 15) is 0 Å². The van der Waals surface area contributed by atoms with Gasteiger partial charge >= 0.3 is 0 Å². The molecule has 0 amide bonds. The molecule has 72 valence electrons. The largest absolute Gasteiger partial charge is 0.399 e. The highest BCUT2D eigenvalue weighted by Crippen LogP contribution is 2.18. The maximum absolute atomic E-state index is 5.75. The Morgan fingerprint density at radius 1 is 1.29 bits per heavy atom. The zero-order valence-corrected chi connectivity index (χ0v) is 8.36. The van der Waals surface area contributed by atoms with Crippen molar-refractivity contribution >= 4 is 5.69 Å². The molecule has 0 unspecified atom stereocenters. The van der Waals surface area contributed by atoms with E-state index in [1.54, 1.807) is 6.20 Å². The van der Waals surface area contributed by atoms with Crippen molar-refractivity contribution in [2.24, 2.45) is 0 Å². The van der Waals surface area contributed by atoms with Gasteiger partial charge in [-0.05, 0) is 31.5 Å². The van der Waals surface area contributed by atoms with E-state index in [1.165, 1.54) is 5.56 Å². The summed E-state index contributed by atoms with van der Waals surface area (Å²) >= 11 is 0. The molecule has 0 aliphatic heterocycles. The second kappa shape index (κ2) is 3.18. The number of nitrogen functional groups attached to an aromatic ring is 1. The number of hydrogen-bond donors (Lipinski definition) is 1. The zero-order valence-electron chi connectivity index (χ0n) is 8.36. The fourth-order valence-electron chi connectivity index (χ4n) is 1.52. The summed E-state index contributed by atoms with van der Waals surface area (Å²) in [5.41, 5.74) is 8.82. The van der Waals surface area contributed by atoms with Crippen molar-refractivity contribution in [1.82, 2.24) is 9.55 Å². The Morgan fingerprint density at radius 2 is 2.07 bits per heavy atom. The second-order valence-electron chi connectivity index (χ2n) is 3.39. The number of aryl methyl sites for hydroxylation is 2. The first kappa shape index (κ1) is 8.81. The van der Waals surface area contributed by atoms with E-state index in [0.717, 1.165) is 17.2 Å². The van der Waals surface area contributed by atoms with E-state index in [0.29, 0.717) is 0 Å². The van der Waals surface area contributed by atoms with Gasteiger partial charge < -0.3 is 10.3 Å². The minimum absolute atomic E-state index is 0.777. The Kier molecular flexibility index (Phi) is 2.00. The lowest BCUT2D eigenvalue weighted by atomic mass is 10.2. The zero-order chi connectivity index (χ0) is 10.1. The van der Waals surface area contributed by atoms with Gasteiger partial charge in [0, 0.05) is 18.1 Å². The summed E-state index contributed by atoms with van der Waals surface area (Å²) in [6.45, 7) is 4.04. The smallest absolute Gasteiger partial charge is 0.110 e. The monoisotopic (exact) mass is 187 g/mol. The summed E-state index contributed by atoms with van der Waals surface area (Å²) in [6, 6.07) is 5.89. The molecule has 0 atom stereocenters. The van der Waals surface area contributed by atoms with Gasteiger partial charge in [0.25, 0.3) is 0 Å². The first-order valence-electron chi connectivity index (χ1n) is 4.55. The average Bonchev–Trinajstić information content (AvgIpc) is 2.56. The number of aromatic nitrogens is 2. The van der Waals surface area contributed by atoms with E-state index in [-0.39, 0.29) is 0 Å². The molecule has 0 spiro atoms. The third-order valence-electron chi connectivity index (χ3n) is 2.32. The van der Waals surface area contributed by atoms with Crippen LogP contribution < -0.4 is 5.73 Å². The lowest BCUT2D eigenvalue weighted by molar-refractivity contribution is 0.965. The van der Waals surface area contributed by atoms with Crippen LogP contribution in [-0.4, -0.2) is 9.55 Å². The van der Waals surface area contributed by atoms with Gasteiger partial charge in [0.15, 0.2) is 0 Å². The van der Waals surface area contributed by atoms with Crippen LogP contribution >= 0.6 is 0 Å². The van der Waals surface area contributed by atoms with Gasteiger partial charge in [-0.25, -0.2) is 4.98 Å². The van der Waals surface area contributed by atoms with E-state index in [2.05, 4.69) is 11.9 Å². The van der Waals surface area contributed by atoms with Gasteiger partial charge in [0.2, 0.25) is 0 Å². The van der Waals surface area contributed by atoms with Gasteiger partial charge in [-0.15, -0.1) is 0 Å². The Balaban J connectivity index is 2.62. The minimum Gasteiger partial charge on any atom is -0.399 e. The van der Waals surface area contributed by atoms with Crippen molar-refractivity contribution in [2.75, 3.05) is 5.73 Å². The third-order valence-corrected chi connectivity index (χ3v) is 2.32. The van der Waals surface area contributed by atoms with Crippen LogP contribution in [0.25, 0.3) is 5.69 Å². The van der Waals surface area contributed by atoms with Crippen molar-refractivity contribution in [3.8, 4) is 5.69 Å². The minimum atomic E-state index is 0.777. The molecule has 2 aromatic rings. The highest BCUT2D eigenvalue weighted by Gasteiger charge is 2.03. The molecule has 0 fully saturated rings. The van der Waals surface area contributed by atoms with Crippen LogP contribution in [0.5, 0.6) is 0 Å². The molecule has 0 saturated heterocycles. The second-order valence-corrected chi connectivity index (χ2v) is 3.39. The number of rotatable bonds is 1. The molecule has 0 bridgehead atoms. The molecule has 3 heteroatoms. The molecule has 0 aliphatic rings. The lowest BCUT2D eigenvalue weighted by Gasteiger charge is -2.09.